The van der Waals surface area contributed by atoms with Gasteiger partial charge in [-0.05, 0) is 173 Å². The standard InChI is InChI=1S/C103H168O16P2/c1-4-7-10-13-16-19-22-25-28-31-34-37-40-43-44-45-46-47-48-49-50-51-52-55-57-59-62-65-68-71-74-77-80-83-86-89-101(106)113-92-98(104)93-115-120(109,110)116-94-99(105)95-117-121(111,112)118-97-100(119-103(108)91-88-85-82-79-76-73-70-67-64-61-58-54-42-39-36-33-30-27-24-21-18-15-12-9-6-3)96-114-102(107)90-87-84-81-78-75-72-69-66-63-60-56-53-41-38-35-32-29-26-23-20-17-14-11-8-5-2/h7-12,16-21,25-30,34-39,43-44,46-47,53-54,56,58,63-64,66-67,98-100,104-105H,4-6,13-15,22-24,31-33,40-42,45,48-52,55,57,59-62,65,68-97H2,1-3H3,(H,109,110)(H,111,112)/b10-7-,11-8-,12-9-,19-16-,20-17-,21-18-,28-25-,29-26-,30-27-,37-34-,38-35-,39-36-,44-43-,47-46-,56-53-,58-54-,66-63-,67-64-. The van der Waals surface area contributed by atoms with E-state index in [9.17, 15) is 43.5 Å². The van der Waals surface area contributed by atoms with Crippen LogP contribution in [0.5, 0.6) is 0 Å². The minimum absolute atomic E-state index is 0.0750. The lowest BCUT2D eigenvalue weighted by Crippen LogP contribution is -2.30. The lowest BCUT2D eigenvalue weighted by atomic mass is 10.0. The number of ether oxygens (including phenoxy) is 3. The average molecular weight is 1720 g/mol. The maximum absolute atomic E-state index is 13.1. The molecule has 0 aromatic carbocycles. The van der Waals surface area contributed by atoms with E-state index >= 15 is 0 Å². The Hall–Kier alpha value is -6.13. The van der Waals surface area contributed by atoms with Crippen molar-refractivity contribution in [1.29, 1.82) is 0 Å². The van der Waals surface area contributed by atoms with E-state index in [0.717, 1.165) is 212 Å². The predicted molar refractivity (Wildman–Crippen MR) is 509 cm³/mol. The first-order valence-electron chi connectivity index (χ1n) is 47.0. The maximum Gasteiger partial charge on any atom is 0.472 e. The van der Waals surface area contributed by atoms with E-state index in [1.165, 1.54) is 83.5 Å². The molecule has 0 saturated heterocycles. The first-order chi connectivity index (χ1) is 59.2. The Morgan fingerprint density at radius 3 is 0.653 bits per heavy atom. The molecule has 0 aliphatic heterocycles. The number of phosphoric acid groups is 2. The van der Waals surface area contributed by atoms with Crippen LogP contribution in [0.3, 0.4) is 0 Å². The molecule has 0 fully saturated rings. The van der Waals surface area contributed by atoms with Gasteiger partial charge in [-0.25, -0.2) is 9.13 Å². The Bertz CT molecular complexity index is 3080. The zero-order valence-electron chi connectivity index (χ0n) is 75.6. The van der Waals surface area contributed by atoms with Crippen molar-refractivity contribution in [2.75, 3.05) is 39.6 Å². The molecule has 16 nitrogen and oxygen atoms in total. The third kappa shape index (κ3) is 94.4. The summed E-state index contributed by atoms with van der Waals surface area (Å²) in [5, 5.41) is 20.8. The molecule has 0 rings (SSSR count). The van der Waals surface area contributed by atoms with Gasteiger partial charge in [-0.2, -0.15) is 0 Å². The lowest BCUT2D eigenvalue weighted by Gasteiger charge is -2.21. The van der Waals surface area contributed by atoms with Crippen LogP contribution in [0.25, 0.3) is 0 Å². The number of hydrogen-bond acceptors (Lipinski definition) is 14. The average Bonchev–Trinajstić information content (AvgIpc) is 0.901. The van der Waals surface area contributed by atoms with Gasteiger partial charge in [0.25, 0.3) is 0 Å². The number of aliphatic hydroxyl groups is 2. The molecule has 0 amide bonds. The highest BCUT2D eigenvalue weighted by molar-refractivity contribution is 7.47. The van der Waals surface area contributed by atoms with Crippen molar-refractivity contribution in [2.45, 2.75) is 373 Å². The van der Waals surface area contributed by atoms with Gasteiger partial charge in [0.2, 0.25) is 0 Å². The zero-order valence-corrected chi connectivity index (χ0v) is 77.4. The summed E-state index contributed by atoms with van der Waals surface area (Å²) in [4.78, 5) is 59.1. The van der Waals surface area contributed by atoms with Crippen LogP contribution in [0.2, 0.25) is 0 Å². The van der Waals surface area contributed by atoms with Crippen molar-refractivity contribution in [1.82, 2.24) is 0 Å². The highest BCUT2D eigenvalue weighted by atomic mass is 31.2. The van der Waals surface area contributed by atoms with Gasteiger partial charge >= 0.3 is 33.6 Å². The fourth-order valence-corrected chi connectivity index (χ4v) is 13.8. The van der Waals surface area contributed by atoms with E-state index in [1.807, 2.05) is 0 Å². The van der Waals surface area contributed by atoms with E-state index in [2.05, 4.69) is 240 Å². The van der Waals surface area contributed by atoms with Crippen LogP contribution in [-0.2, 0) is 55.8 Å². The van der Waals surface area contributed by atoms with Gasteiger partial charge in [-0.1, -0.05) is 381 Å². The summed E-state index contributed by atoms with van der Waals surface area (Å²) in [6.07, 6.45) is 127. The van der Waals surface area contributed by atoms with E-state index in [-0.39, 0.29) is 19.3 Å². The van der Waals surface area contributed by atoms with Crippen LogP contribution in [0.15, 0.2) is 219 Å². The molecule has 0 radical (unpaired) electrons. The van der Waals surface area contributed by atoms with Crippen LogP contribution >= 0.6 is 15.6 Å². The zero-order chi connectivity index (χ0) is 87.9. The first-order valence-corrected chi connectivity index (χ1v) is 50.0. The SMILES string of the molecule is CC/C=C\C/C=C\C/C=C\C/C=C\C/C=C\C/C=C\CCCCCCCCCCCCCCCCCCC(=O)OCC(O)COP(=O)(O)OCC(O)COP(=O)(O)OCC(COC(=O)CCCCCCCC/C=C\C/C=C\C/C=C\C/C=C\C/C=C\C/C=C\CC)OC(=O)CCCCCCCC/C=C\C/C=C\C/C=C\C/C=C\C/C=C\C/C=C\CC. The van der Waals surface area contributed by atoms with Crippen LogP contribution in [0.1, 0.15) is 355 Å². The molecular weight excluding hydrogens is 1560 g/mol. The smallest absolute Gasteiger partial charge is 0.463 e. The summed E-state index contributed by atoms with van der Waals surface area (Å²) in [7, 11) is -9.83. The number of esters is 3. The van der Waals surface area contributed by atoms with E-state index in [0.29, 0.717) is 19.3 Å². The van der Waals surface area contributed by atoms with E-state index < -0.39 is 91.5 Å². The summed E-state index contributed by atoms with van der Waals surface area (Å²) in [6, 6.07) is 0. The number of phosphoric ester groups is 2. The predicted octanol–water partition coefficient (Wildman–Crippen LogP) is 29.3. The molecule has 0 heterocycles. The third-order valence-electron chi connectivity index (χ3n) is 19.2. The second-order valence-electron chi connectivity index (χ2n) is 30.7. The fraction of sp³-hybridized carbons (Fsp3) is 0.621. The lowest BCUT2D eigenvalue weighted by molar-refractivity contribution is -0.161. The van der Waals surface area contributed by atoms with Crippen molar-refractivity contribution in [3.63, 3.8) is 0 Å². The Morgan fingerprint density at radius 2 is 0.413 bits per heavy atom. The van der Waals surface area contributed by atoms with Crippen LogP contribution in [0.4, 0.5) is 0 Å². The summed E-state index contributed by atoms with van der Waals surface area (Å²) in [6.45, 7) is 2.32. The number of carbonyl (C=O) groups is 3. The second-order valence-corrected chi connectivity index (χ2v) is 33.6. The van der Waals surface area contributed by atoms with Crippen LogP contribution < -0.4 is 0 Å². The van der Waals surface area contributed by atoms with Gasteiger partial charge in [0.05, 0.1) is 26.4 Å². The van der Waals surface area contributed by atoms with Crippen molar-refractivity contribution < 1.29 is 75.8 Å². The molecule has 5 unspecified atom stereocenters. The summed E-state index contributed by atoms with van der Waals surface area (Å²) in [5.74, 6) is -1.61. The summed E-state index contributed by atoms with van der Waals surface area (Å²) < 4.78 is 61.5. The van der Waals surface area contributed by atoms with Gasteiger partial charge in [0.15, 0.2) is 6.10 Å². The number of unbranched alkanes of at least 4 members (excludes halogenated alkanes) is 28. The number of allylic oxidation sites excluding steroid dienone is 36. The van der Waals surface area contributed by atoms with Gasteiger partial charge in [-0.3, -0.25) is 32.5 Å². The van der Waals surface area contributed by atoms with Gasteiger partial charge in [-0.15, -0.1) is 0 Å². The molecule has 18 heteroatoms. The Kier molecular flexibility index (Phi) is 88.3. The number of hydrogen-bond donors (Lipinski definition) is 4. The third-order valence-corrected chi connectivity index (χ3v) is 21.1. The van der Waals surface area contributed by atoms with Gasteiger partial charge in [0.1, 0.15) is 25.4 Å². The van der Waals surface area contributed by atoms with E-state index in [1.54, 1.807) is 0 Å². The molecule has 0 aromatic heterocycles. The first kappa shape index (κ1) is 115. The van der Waals surface area contributed by atoms with Crippen molar-refractivity contribution in [3.8, 4) is 0 Å². The molecule has 0 spiro atoms. The molecule has 0 aliphatic rings. The Labute approximate surface area is 736 Å². The van der Waals surface area contributed by atoms with Crippen molar-refractivity contribution in [2.24, 2.45) is 0 Å². The molecule has 0 aliphatic carbocycles. The Balaban J connectivity index is 4.63. The minimum Gasteiger partial charge on any atom is -0.463 e. The second kappa shape index (κ2) is 93.0. The van der Waals surface area contributed by atoms with Gasteiger partial charge < -0.3 is 34.2 Å². The minimum atomic E-state index is -4.96. The molecule has 121 heavy (non-hydrogen) atoms. The maximum atomic E-state index is 13.1. The molecular formula is C103H168O16P2. The Morgan fingerprint density at radius 1 is 0.231 bits per heavy atom. The molecule has 0 bridgehead atoms. The normalized spacial score (nSPS) is 14.7. The van der Waals surface area contributed by atoms with E-state index in [4.69, 9.17) is 32.3 Å². The van der Waals surface area contributed by atoms with Crippen molar-refractivity contribution in [3.05, 3.63) is 219 Å². The van der Waals surface area contributed by atoms with Crippen LogP contribution in [0, 0.1) is 0 Å². The summed E-state index contributed by atoms with van der Waals surface area (Å²) in [5.41, 5.74) is 0. The number of rotatable bonds is 87. The van der Waals surface area contributed by atoms with Crippen LogP contribution in [-0.4, -0.2) is 95.9 Å². The highest BCUT2D eigenvalue weighted by Gasteiger charge is 2.29. The largest absolute Gasteiger partial charge is 0.472 e. The highest BCUT2D eigenvalue weighted by Crippen LogP contribution is 2.45. The number of aliphatic hydroxyl groups excluding tert-OH is 2. The molecule has 5 atom stereocenters. The monoisotopic (exact) mass is 1720 g/mol. The fourth-order valence-electron chi connectivity index (χ4n) is 12.2. The molecule has 0 aromatic rings. The quantitative estimate of drug-likeness (QED) is 0.0146. The topological polar surface area (TPSA) is 231 Å². The molecule has 686 valence electrons. The molecule has 4 N–H and O–H groups in total. The van der Waals surface area contributed by atoms with Gasteiger partial charge in [0, 0.05) is 19.3 Å². The number of carbonyl (C=O) groups excluding carboxylic acids is 3. The summed E-state index contributed by atoms with van der Waals surface area (Å²) >= 11 is 0. The van der Waals surface area contributed by atoms with Crippen molar-refractivity contribution >= 4 is 33.6 Å². The molecule has 0 saturated carbocycles.